The lowest BCUT2D eigenvalue weighted by Gasteiger charge is -2.11. The fourth-order valence-corrected chi connectivity index (χ4v) is 2.10. The maximum atomic E-state index is 11.8. The van der Waals surface area contributed by atoms with E-state index in [-0.39, 0.29) is 11.3 Å². The summed E-state index contributed by atoms with van der Waals surface area (Å²) in [5.74, 6) is 1.22. The molecule has 0 spiro atoms. The molecule has 1 aliphatic heterocycles. The second-order valence-electron chi connectivity index (χ2n) is 5.44. The molecule has 0 aliphatic carbocycles. The lowest BCUT2D eigenvalue weighted by atomic mass is 10.0. The minimum Gasteiger partial charge on any atom is -0.496 e. The van der Waals surface area contributed by atoms with Gasteiger partial charge in [0.1, 0.15) is 12.4 Å². The summed E-state index contributed by atoms with van der Waals surface area (Å²) in [5.41, 5.74) is 2.05. The number of hydrogen-bond acceptors (Lipinski definition) is 4. The van der Waals surface area contributed by atoms with Crippen LogP contribution in [0.4, 0.5) is 0 Å². The van der Waals surface area contributed by atoms with Crippen LogP contribution in [0.25, 0.3) is 0 Å². The summed E-state index contributed by atoms with van der Waals surface area (Å²) in [7, 11) is 1.60. The van der Waals surface area contributed by atoms with E-state index in [0.717, 1.165) is 11.1 Å². The SMILES string of the molecule is COc1cc(C(C)=O)c(C2=NC(C)(C)CO2)cc1C. The second-order valence-corrected chi connectivity index (χ2v) is 5.44. The number of aliphatic imine (C=N–C) groups is 1. The molecule has 4 nitrogen and oxygen atoms in total. The van der Waals surface area contributed by atoms with Gasteiger partial charge in [0.05, 0.1) is 12.6 Å². The van der Waals surface area contributed by atoms with Crippen LogP contribution in [0.1, 0.15) is 42.3 Å². The number of hydrogen-bond donors (Lipinski definition) is 0. The Hall–Kier alpha value is -1.84. The number of carbonyl (C=O) groups is 1. The van der Waals surface area contributed by atoms with E-state index in [1.165, 1.54) is 6.92 Å². The lowest BCUT2D eigenvalue weighted by molar-refractivity contribution is 0.101. The third-order valence-electron chi connectivity index (χ3n) is 3.11. The maximum absolute atomic E-state index is 11.8. The maximum Gasteiger partial charge on any atom is 0.217 e. The number of aryl methyl sites for hydroxylation is 1. The van der Waals surface area contributed by atoms with Crippen LogP contribution in [0, 0.1) is 6.92 Å². The van der Waals surface area contributed by atoms with Gasteiger partial charge >= 0.3 is 0 Å². The number of rotatable bonds is 3. The Balaban J connectivity index is 2.57. The molecule has 0 bridgehead atoms. The third kappa shape index (κ3) is 2.62. The van der Waals surface area contributed by atoms with E-state index < -0.39 is 0 Å². The molecule has 0 aromatic heterocycles. The molecule has 19 heavy (non-hydrogen) atoms. The Morgan fingerprint density at radius 2 is 2.11 bits per heavy atom. The number of ether oxygens (including phenoxy) is 2. The number of carbonyl (C=O) groups excluding carboxylic acids is 1. The van der Waals surface area contributed by atoms with Gasteiger partial charge in [-0.2, -0.15) is 0 Å². The first-order valence-corrected chi connectivity index (χ1v) is 6.26. The molecule has 1 aromatic rings. The molecule has 0 saturated heterocycles. The summed E-state index contributed by atoms with van der Waals surface area (Å²) in [6, 6.07) is 3.65. The summed E-state index contributed by atoms with van der Waals surface area (Å²) in [4.78, 5) is 16.3. The molecule has 1 heterocycles. The molecule has 0 amide bonds. The summed E-state index contributed by atoms with van der Waals surface area (Å²) < 4.78 is 10.9. The summed E-state index contributed by atoms with van der Waals surface area (Å²) in [5, 5.41) is 0. The summed E-state index contributed by atoms with van der Waals surface area (Å²) in [6.07, 6.45) is 0. The number of Topliss-reactive ketones (excluding diaryl/α,β-unsaturated/α-hetero) is 1. The largest absolute Gasteiger partial charge is 0.496 e. The van der Waals surface area contributed by atoms with Crippen LogP contribution in [-0.4, -0.2) is 30.9 Å². The van der Waals surface area contributed by atoms with Crippen molar-refractivity contribution in [2.24, 2.45) is 4.99 Å². The standard InChI is InChI=1S/C15H19NO3/c1-9-6-12(14-16-15(3,4)8-19-14)11(10(2)17)7-13(9)18-5/h6-7H,8H2,1-5H3. The van der Waals surface area contributed by atoms with Gasteiger partial charge in [-0.25, -0.2) is 4.99 Å². The molecular formula is C15H19NO3. The first-order valence-electron chi connectivity index (χ1n) is 6.26. The third-order valence-corrected chi connectivity index (χ3v) is 3.11. The molecule has 0 atom stereocenters. The van der Waals surface area contributed by atoms with Crippen molar-refractivity contribution in [3.05, 3.63) is 28.8 Å². The Labute approximate surface area is 113 Å². The predicted molar refractivity (Wildman–Crippen MR) is 74.3 cm³/mol. The van der Waals surface area contributed by atoms with Gasteiger partial charge in [-0.05, 0) is 45.4 Å². The van der Waals surface area contributed by atoms with Gasteiger partial charge in [-0.1, -0.05) is 0 Å². The number of nitrogens with zero attached hydrogens (tertiary/aromatic N) is 1. The van der Waals surface area contributed by atoms with Crippen LogP contribution in [0.5, 0.6) is 5.75 Å². The van der Waals surface area contributed by atoms with Gasteiger partial charge in [0.15, 0.2) is 5.78 Å². The van der Waals surface area contributed by atoms with Crippen molar-refractivity contribution in [1.29, 1.82) is 0 Å². The molecule has 0 unspecified atom stereocenters. The molecule has 0 radical (unpaired) electrons. The van der Waals surface area contributed by atoms with Crippen LogP contribution >= 0.6 is 0 Å². The normalized spacial score (nSPS) is 16.8. The topological polar surface area (TPSA) is 47.9 Å². The molecule has 0 N–H and O–H groups in total. The van der Waals surface area contributed by atoms with Gasteiger partial charge in [-0.3, -0.25) is 4.79 Å². The summed E-state index contributed by atoms with van der Waals surface area (Å²) >= 11 is 0. The molecule has 0 saturated carbocycles. The van der Waals surface area contributed by atoms with E-state index in [2.05, 4.69) is 4.99 Å². The van der Waals surface area contributed by atoms with Crippen LogP contribution in [0.15, 0.2) is 17.1 Å². The van der Waals surface area contributed by atoms with E-state index >= 15 is 0 Å². The fraction of sp³-hybridized carbons (Fsp3) is 0.467. The number of methoxy groups -OCH3 is 1. The van der Waals surface area contributed by atoms with Crippen molar-refractivity contribution >= 4 is 11.7 Å². The zero-order chi connectivity index (χ0) is 14.2. The van der Waals surface area contributed by atoms with Gasteiger partial charge in [0.2, 0.25) is 5.90 Å². The zero-order valence-corrected chi connectivity index (χ0v) is 12.0. The predicted octanol–water partition coefficient (Wildman–Crippen LogP) is 2.76. The van der Waals surface area contributed by atoms with E-state index in [0.29, 0.717) is 23.8 Å². The zero-order valence-electron chi connectivity index (χ0n) is 12.0. The molecular weight excluding hydrogens is 242 g/mol. The highest BCUT2D eigenvalue weighted by atomic mass is 16.5. The van der Waals surface area contributed by atoms with E-state index in [4.69, 9.17) is 9.47 Å². The minimum atomic E-state index is -0.239. The molecule has 4 heteroatoms. The van der Waals surface area contributed by atoms with Crippen LogP contribution in [0.2, 0.25) is 0 Å². The Morgan fingerprint density at radius 3 is 2.58 bits per heavy atom. The minimum absolute atomic E-state index is 0.0238. The fourth-order valence-electron chi connectivity index (χ4n) is 2.10. The van der Waals surface area contributed by atoms with Gasteiger partial charge in [0.25, 0.3) is 0 Å². The molecule has 2 rings (SSSR count). The highest BCUT2D eigenvalue weighted by Crippen LogP contribution is 2.28. The Bertz CT molecular complexity index is 559. The van der Waals surface area contributed by atoms with Crippen molar-refractivity contribution in [3.63, 3.8) is 0 Å². The van der Waals surface area contributed by atoms with Crippen molar-refractivity contribution in [3.8, 4) is 5.75 Å². The van der Waals surface area contributed by atoms with Crippen molar-refractivity contribution < 1.29 is 14.3 Å². The van der Waals surface area contributed by atoms with Crippen molar-refractivity contribution in [2.45, 2.75) is 33.2 Å². The average molecular weight is 261 g/mol. The highest BCUT2D eigenvalue weighted by Gasteiger charge is 2.29. The van der Waals surface area contributed by atoms with E-state index in [9.17, 15) is 4.79 Å². The highest BCUT2D eigenvalue weighted by molar-refractivity contribution is 6.08. The first kappa shape index (κ1) is 13.6. The monoisotopic (exact) mass is 261 g/mol. The Morgan fingerprint density at radius 1 is 1.42 bits per heavy atom. The number of benzene rings is 1. The lowest BCUT2D eigenvalue weighted by Crippen LogP contribution is -2.17. The average Bonchev–Trinajstić information content (AvgIpc) is 2.69. The van der Waals surface area contributed by atoms with Crippen molar-refractivity contribution in [1.82, 2.24) is 0 Å². The quantitative estimate of drug-likeness (QED) is 0.786. The van der Waals surface area contributed by atoms with Gasteiger partial charge in [0, 0.05) is 11.1 Å². The van der Waals surface area contributed by atoms with Gasteiger partial charge < -0.3 is 9.47 Å². The van der Waals surface area contributed by atoms with Crippen molar-refractivity contribution in [2.75, 3.05) is 13.7 Å². The molecule has 0 fully saturated rings. The molecule has 102 valence electrons. The smallest absolute Gasteiger partial charge is 0.217 e. The van der Waals surface area contributed by atoms with E-state index in [1.807, 2.05) is 26.8 Å². The number of ketones is 1. The van der Waals surface area contributed by atoms with Crippen LogP contribution in [0.3, 0.4) is 0 Å². The molecule has 1 aromatic carbocycles. The van der Waals surface area contributed by atoms with Gasteiger partial charge in [-0.15, -0.1) is 0 Å². The van der Waals surface area contributed by atoms with Crippen LogP contribution in [-0.2, 0) is 4.74 Å². The summed E-state index contributed by atoms with van der Waals surface area (Å²) in [6.45, 7) is 8.01. The second kappa shape index (κ2) is 4.68. The first-order chi connectivity index (χ1) is 8.84. The van der Waals surface area contributed by atoms with E-state index in [1.54, 1.807) is 13.2 Å². The molecule has 1 aliphatic rings. The Kier molecular flexibility index (Phi) is 3.35. The van der Waals surface area contributed by atoms with Crippen LogP contribution < -0.4 is 4.74 Å².